The van der Waals surface area contributed by atoms with E-state index in [1.165, 1.54) is 25.7 Å². The highest BCUT2D eigenvalue weighted by Gasteiger charge is 2.10. The number of hydrogen-bond acceptors (Lipinski definition) is 4. The van der Waals surface area contributed by atoms with Crippen LogP contribution in [0.1, 0.15) is 46.5 Å². The molecule has 0 amide bonds. The van der Waals surface area contributed by atoms with Crippen LogP contribution in [0, 0.1) is 0 Å². The molecule has 0 bridgehead atoms. The van der Waals surface area contributed by atoms with Gasteiger partial charge in [-0.3, -0.25) is 0 Å². The van der Waals surface area contributed by atoms with Gasteiger partial charge in [-0.2, -0.15) is 4.98 Å². The van der Waals surface area contributed by atoms with Gasteiger partial charge in [-0.1, -0.05) is 26.7 Å². The maximum Gasteiger partial charge on any atom is 0.239 e. The molecule has 0 aliphatic rings. The second-order valence-electron chi connectivity index (χ2n) is 4.69. The highest BCUT2D eigenvalue weighted by atomic mass is 16.5. The second kappa shape index (κ2) is 8.62. The first-order valence-electron chi connectivity index (χ1n) is 7.37. The first-order valence-corrected chi connectivity index (χ1v) is 7.37. The number of nitrogens with two attached hydrogens (primary N) is 1. The van der Waals surface area contributed by atoms with Crippen LogP contribution in [0.25, 0.3) is 0 Å². The molecule has 0 aromatic carbocycles. The molecule has 1 aromatic heterocycles. The quantitative estimate of drug-likeness (QED) is 0.743. The highest BCUT2D eigenvalue weighted by Crippen LogP contribution is 2.23. The Kier molecular flexibility index (Phi) is 7.08. The summed E-state index contributed by atoms with van der Waals surface area (Å²) in [6.07, 6.45) is 4.74. The molecule has 4 heteroatoms. The third-order valence-electron chi connectivity index (χ3n) is 3.04. The molecule has 108 valence electrons. The largest absolute Gasteiger partial charge is 0.476 e. The molecule has 0 aliphatic carbocycles. The monoisotopic (exact) mass is 265 g/mol. The number of nitrogens with zero attached hydrogens (tertiary/aromatic N) is 2. The Bertz CT molecular complexity index is 360. The summed E-state index contributed by atoms with van der Waals surface area (Å²) in [6, 6.07) is 3.88. The molecule has 2 N–H and O–H groups in total. The zero-order valence-corrected chi connectivity index (χ0v) is 12.5. The van der Waals surface area contributed by atoms with Crippen molar-refractivity contribution in [3.63, 3.8) is 0 Å². The molecule has 4 nitrogen and oxygen atoms in total. The van der Waals surface area contributed by atoms with Crippen LogP contribution in [-0.4, -0.2) is 24.7 Å². The van der Waals surface area contributed by atoms with Crippen LogP contribution in [-0.2, 0) is 0 Å². The molecule has 0 saturated heterocycles. The van der Waals surface area contributed by atoms with Crippen LogP contribution in [0.3, 0.4) is 0 Å². The van der Waals surface area contributed by atoms with E-state index in [-0.39, 0.29) is 0 Å². The van der Waals surface area contributed by atoms with Gasteiger partial charge in [0.05, 0.1) is 12.3 Å². The summed E-state index contributed by atoms with van der Waals surface area (Å²) in [5, 5.41) is 0. The van der Waals surface area contributed by atoms with Crippen molar-refractivity contribution in [2.24, 2.45) is 0 Å². The molecular formula is C15H27N3O. The Morgan fingerprint density at radius 3 is 2.26 bits per heavy atom. The molecule has 0 aliphatic heterocycles. The number of nitrogen functional groups attached to an aromatic ring is 1. The Morgan fingerprint density at radius 2 is 1.74 bits per heavy atom. The number of pyridine rings is 1. The summed E-state index contributed by atoms with van der Waals surface area (Å²) in [5.41, 5.74) is 6.48. The van der Waals surface area contributed by atoms with Gasteiger partial charge in [0.1, 0.15) is 5.82 Å². The molecule has 1 aromatic rings. The number of unbranched alkanes of at least 4 members (excludes halogenated alkanes) is 2. The van der Waals surface area contributed by atoms with Crippen LogP contribution < -0.4 is 15.4 Å². The molecule has 1 rings (SSSR count). The molecule has 0 atom stereocenters. The lowest BCUT2D eigenvalue weighted by Gasteiger charge is -2.24. The maximum atomic E-state index is 5.87. The Hall–Kier alpha value is -1.45. The van der Waals surface area contributed by atoms with Crippen molar-refractivity contribution in [2.75, 3.05) is 30.3 Å². The van der Waals surface area contributed by atoms with Crippen LogP contribution in [0.5, 0.6) is 5.88 Å². The first kappa shape index (κ1) is 15.6. The number of rotatable bonds is 9. The summed E-state index contributed by atoms with van der Waals surface area (Å²) in [4.78, 5) is 6.88. The SMILES string of the molecule is CCCCN(CCCC)c1ccc(N)c(OCC)n1. The van der Waals surface area contributed by atoms with Crippen molar-refractivity contribution in [1.29, 1.82) is 0 Å². The van der Waals surface area contributed by atoms with Gasteiger partial charge in [-0.25, -0.2) is 0 Å². The fourth-order valence-corrected chi connectivity index (χ4v) is 1.91. The predicted molar refractivity (Wildman–Crippen MR) is 81.8 cm³/mol. The number of anilines is 2. The van der Waals surface area contributed by atoms with Gasteiger partial charge >= 0.3 is 0 Å². The van der Waals surface area contributed by atoms with Crippen molar-refractivity contribution in [2.45, 2.75) is 46.5 Å². The fourth-order valence-electron chi connectivity index (χ4n) is 1.91. The van der Waals surface area contributed by atoms with E-state index in [9.17, 15) is 0 Å². The van der Waals surface area contributed by atoms with Crippen molar-refractivity contribution < 1.29 is 4.74 Å². The van der Waals surface area contributed by atoms with Gasteiger partial charge in [0.2, 0.25) is 5.88 Å². The Labute approximate surface area is 117 Å². The van der Waals surface area contributed by atoms with Crippen molar-refractivity contribution in [3.8, 4) is 5.88 Å². The lowest BCUT2D eigenvalue weighted by atomic mass is 10.2. The zero-order valence-electron chi connectivity index (χ0n) is 12.5. The predicted octanol–water partition coefficient (Wildman–Crippen LogP) is 3.47. The second-order valence-corrected chi connectivity index (χ2v) is 4.69. The van der Waals surface area contributed by atoms with E-state index in [1.54, 1.807) is 0 Å². The summed E-state index contributed by atoms with van der Waals surface area (Å²) < 4.78 is 5.47. The molecule has 0 unspecified atom stereocenters. The van der Waals surface area contributed by atoms with E-state index in [0.29, 0.717) is 18.2 Å². The first-order chi connectivity index (χ1) is 9.22. The van der Waals surface area contributed by atoms with E-state index in [0.717, 1.165) is 18.9 Å². The highest BCUT2D eigenvalue weighted by molar-refractivity contribution is 5.54. The zero-order chi connectivity index (χ0) is 14.1. The molecule has 0 spiro atoms. The van der Waals surface area contributed by atoms with Crippen LogP contribution in [0.4, 0.5) is 11.5 Å². The van der Waals surface area contributed by atoms with E-state index in [2.05, 4.69) is 23.7 Å². The Morgan fingerprint density at radius 1 is 1.11 bits per heavy atom. The van der Waals surface area contributed by atoms with E-state index >= 15 is 0 Å². The third kappa shape index (κ3) is 4.97. The maximum absolute atomic E-state index is 5.87. The molecule has 1 heterocycles. The summed E-state index contributed by atoms with van der Waals surface area (Å²) in [6.45, 7) is 9.03. The topological polar surface area (TPSA) is 51.4 Å². The van der Waals surface area contributed by atoms with Gasteiger partial charge in [0, 0.05) is 13.1 Å². The van der Waals surface area contributed by atoms with Crippen LogP contribution in [0.15, 0.2) is 12.1 Å². The smallest absolute Gasteiger partial charge is 0.239 e. The van der Waals surface area contributed by atoms with E-state index in [1.807, 2.05) is 19.1 Å². The molecule has 19 heavy (non-hydrogen) atoms. The molecule has 0 fully saturated rings. The van der Waals surface area contributed by atoms with Crippen molar-refractivity contribution in [1.82, 2.24) is 4.98 Å². The van der Waals surface area contributed by atoms with Gasteiger partial charge in [-0.05, 0) is 31.9 Å². The third-order valence-corrected chi connectivity index (χ3v) is 3.04. The Balaban J connectivity index is 2.83. The fraction of sp³-hybridized carbons (Fsp3) is 0.667. The molecule has 0 radical (unpaired) electrons. The summed E-state index contributed by atoms with van der Waals surface area (Å²) in [7, 11) is 0. The van der Waals surface area contributed by atoms with E-state index < -0.39 is 0 Å². The summed E-state index contributed by atoms with van der Waals surface area (Å²) in [5.74, 6) is 1.53. The number of ether oxygens (including phenoxy) is 1. The van der Waals surface area contributed by atoms with Gasteiger partial charge in [0.25, 0.3) is 0 Å². The number of hydrogen-bond donors (Lipinski definition) is 1. The number of aromatic nitrogens is 1. The normalized spacial score (nSPS) is 10.5. The average Bonchev–Trinajstić information content (AvgIpc) is 2.42. The minimum Gasteiger partial charge on any atom is -0.476 e. The summed E-state index contributed by atoms with van der Waals surface area (Å²) >= 11 is 0. The lowest BCUT2D eigenvalue weighted by Crippen LogP contribution is -2.26. The minimum atomic E-state index is 0.554. The van der Waals surface area contributed by atoms with Gasteiger partial charge < -0.3 is 15.4 Å². The van der Waals surface area contributed by atoms with Crippen molar-refractivity contribution >= 4 is 11.5 Å². The van der Waals surface area contributed by atoms with Gasteiger partial charge in [-0.15, -0.1) is 0 Å². The lowest BCUT2D eigenvalue weighted by molar-refractivity contribution is 0.329. The standard InChI is InChI=1S/C15H27N3O/c1-4-7-11-18(12-8-5-2)14-10-9-13(16)15(17-14)19-6-3/h9-10H,4-8,11-12,16H2,1-3H3. The van der Waals surface area contributed by atoms with Crippen molar-refractivity contribution in [3.05, 3.63) is 12.1 Å². The molecular weight excluding hydrogens is 238 g/mol. The van der Waals surface area contributed by atoms with E-state index in [4.69, 9.17) is 10.5 Å². The van der Waals surface area contributed by atoms with Crippen LogP contribution in [0.2, 0.25) is 0 Å². The minimum absolute atomic E-state index is 0.554. The average molecular weight is 265 g/mol. The molecule has 0 saturated carbocycles. The van der Waals surface area contributed by atoms with Crippen LogP contribution >= 0.6 is 0 Å². The van der Waals surface area contributed by atoms with Gasteiger partial charge in [0.15, 0.2) is 0 Å².